The lowest BCUT2D eigenvalue weighted by Gasteiger charge is -2.35. The number of ether oxygens (including phenoxy) is 1. The third kappa shape index (κ3) is 5.33. The van der Waals surface area contributed by atoms with E-state index in [-0.39, 0.29) is 0 Å². The maximum absolute atomic E-state index is 5.85. The molecule has 118 valence electrons. The van der Waals surface area contributed by atoms with Gasteiger partial charge in [0, 0.05) is 31.4 Å². The van der Waals surface area contributed by atoms with Crippen molar-refractivity contribution in [3.05, 3.63) is 29.8 Å². The fraction of sp³-hybridized carbons (Fsp3) is 0.667. The molecule has 0 aromatic heterocycles. The van der Waals surface area contributed by atoms with Gasteiger partial charge in [-0.2, -0.15) is 0 Å². The number of morpholine rings is 1. The van der Waals surface area contributed by atoms with Gasteiger partial charge in [0.1, 0.15) is 0 Å². The van der Waals surface area contributed by atoms with E-state index in [2.05, 4.69) is 55.3 Å². The Morgan fingerprint density at radius 1 is 1.29 bits per heavy atom. The second-order valence-corrected chi connectivity index (χ2v) is 6.26. The van der Waals surface area contributed by atoms with Crippen LogP contribution in [0.2, 0.25) is 0 Å². The minimum atomic E-state index is 0.293. The van der Waals surface area contributed by atoms with E-state index in [0.717, 1.165) is 26.2 Å². The molecule has 1 unspecified atom stereocenters. The number of rotatable bonds is 7. The Morgan fingerprint density at radius 3 is 2.71 bits per heavy atom. The van der Waals surface area contributed by atoms with E-state index < -0.39 is 0 Å². The van der Waals surface area contributed by atoms with Gasteiger partial charge >= 0.3 is 0 Å². The van der Waals surface area contributed by atoms with Crippen LogP contribution in [0, 0.1) is 0 Å². The standard InChI is InChI=1S/C18H30N2O/c1-4-5-6-16-7-9-17(10-8-16)19-13-18-14-20(15(2)3)11-12-21-18/h7-10,15,18-19H,4-6,11-14H2,1-3H3. The lowest BCUT2D eigenvalue weighted by molar-refractivity contribution is -0.0315. The summed E-state index contributed by atoms with van der Waals surface area (Å²) < 4.78 is 5.85. The first-order valence-corrected chi connectivity index (χ1v) is 8.37. The summed E-state index contributed by atoms with van der Waals surface area (Å²) in [4.78, 5) is 2.49. The van der Waals surface area contributed by atoms with E-state index in [1.54, 1.807) is 0 Å². The van der Waals surface area contributed by atoms with Crippen LogP contribution in [0.25, 0.3) is 0 Å². The summed E-state index contributed by atoms with van der Waals surface area (Å²) in [5, 5.41) is 3.51. The number of nitrogens with one attached hydrogen (secondary N) is 1. The predicted molar refractivity (Wildman–Crippen MR) is 90.0 cm³/mol. The van der Waals surface area contributed by atoms with Gasteiger partial charge in [0.2, 0.25) is 0 Å². The zero-order valence-corrected chi connectivity index (χ0v) is 13.8. The number of nitrogens with zero attached hydrogens (tertiary/aromatic N) is 1. The van der Waals surface area contributed by atoms with Crippen molar-refractivity contribution in [1.29, 1.82) is 0 Å². The molecule has 0 amide bonds. The first-order chi connectivity index (χ1) is 10.2. The molecule has 0 spiro atoms. The highest BCUT2D eigenvalue weighted by Crippen LogP contribution is 2.14. The summed E-state index contributed by atoms with van der Waals surface area (Å²) in [7, 11) is 0. The molecule has 3 nitrogen and oxygen atoms in total. The third-order valence-corrected chi connectivity index (χ3v) is 4.21. The molecule has 1 saturated heterocycles. The second kappa shape index (κ2) is 8.40. The van der Waals surface area contributed by atoms with Gasteiger partial charge in [-0.05, 0) is 44.4 Å². The van der Waals surface area contributed by atoms with Crippen molar-refractivity contribution in [2.75, 3.05) is 31.6 Å². The van der Waals surface area contributed by atoms with Crippen molar-refractivity contribution in [2.24, 2.45) is 0 Å². The van der Waals surface area contributed by atoms with Crippen LogP contribution in [0.1, 0.15) is 39.2 Å². The highest BCUT2D eigenvalue weighted by Gasteiger charge is 2.21. The molecule has 1 aromatic rings. The number of anilines is 1. The molecule has 1 N–H and O–H groups in total. The van der Waals surface area contributed by atoms with Crippen molar-refractivity contribution < 1.29 is 4.74 Å². The number of aryl methyl sites for hydroxylation is 1. The minimum Gasteiger partial charge on any atom is -0.382 e. The van der Waals surface area contributed by atoms with Gasteiger partial charge in [0.15, 0.2) is 0 Å². The Hall–Kier alpha value is -1.06. The topological polar surface area (TPSA) is 24.5 Å². The highest BCUT2D eigenvalue weighted by atomic mass is 16.5. The maximum atomic E-state index is 5.85. The van der Waals surface area contributed by atoms with E-state index in [0.29, 0.717) is 12.1 Å². The molecule has 0 bridgehead atoms. The molecule has 3 heteroatoms. The highest BCUT2D eigenvalue weighted by molar-refractivity contribution is 5.44. The maximum Gasteiger partial charge on any atom is 0.0874 e. The lowest BCUT2D eigenvalue weighted by Crippen LogP contribution is -2.48. The molecule has 0 aliphatic carbocycles. The largest absolute Gasteiger partial charge is 0.382 e. The van der Waals surface area contributed by atoms with Gasteiger partial charge in [-0.1, -0.05) is 25.5 Å². The molecule has 1 aliphatic rings. The molecule has 1 heterocycles. The second-order valence-electron chi connectivity index (χ2n) is 6.26. The quantitative estimate of drug-likeness (QED) is 0.831. The molecular formula is C18H30N2O. The molecule has 21 heavy (non-hydrogen) atoms. The molecule has 2 rings (SSSR count). The fourth-order valence-electron chi connectivity index (χ4n) is 2.74. The molecule has 1 atom stereocenters. The number of benzene rings is 1. The Morgan fingerprint density at radius 2 is 2.05 bits per heavy atom. The van der Waals surface area contributed by atoms with Crippen LogP contribution in [0.3, 0.4) is 0 Å². The lowest BCUT2D eigenvalue weighted by atomic mass is 10.1. The van der Waals surface area contributed by atoms with Gasteiger partial charge in [0.05, 0.1) is 12.7 Å². The van der Waals surface area contributed by atoms with Crippen LogP contribution < -0.4 is 5.32 Å². The molecule has 0 saturated carbocycles. The Bertz CT molecular complexity index is 402. The van der Waals surface area contributed by atoms with Crippen LogP contribution in [0.15, 0.2) is 24.3 Å². The molecule has 1 aromatic carbocycles. The summed E-state index contributed by atoms with van der Waals surface area (Å²) in [6.45, 7) is 10.6. The predicted octanol–water partition coefficient (Wildman–Crippen LogP) is 3.55. The smallest absolute Gasteiger partial charge is 0.0874 e. The number of unbranched alkanes of at least 4 members (excludes halogenated alkanes) is 1. The van der Waals surface area contributed by atoms with Crippen molar-refractivity contribution in [2.45, 2.75) is 52.2 Å². The van der Waals surface area contributed by atoms with E-state index in [4.69, 9.17) is 4.74 Å². The summed E-state index contributed by atoms with van der Waals surface area (Å²) in [6.07, 6.45) is 4.01. The molecule has 0 radical (unpaired) electrons. The zero-order chi connectivity index (χ0) is 15.1. The van der Waals surface area contributed by atoms with Gasteiger partial charge in [-0.25, -0.2) is 0 Å². The van der Waals surface area contributed by atoms with Crippen molar-refractivity contribution in [3.63, 3.8) is 0 Å². The first-order valence-electron chi connectivity index (χ1n) is 8.37. The van der Waals surface area contributed by atoms with Crippen LogP contribution in [-0.2, 0) is 11.2 Å². The van der Waals surface area contributed by atoms with E-state index in [9.17, 15) is 0 Å². The number of hydrogen-bond acceptors (Lipinski definition) is 3. The zero-order valence-electron chi connectivity index (χ0n) is 13.8. The Labute approximate surface area is 129 Å². The summed E-state index contributed by atoms with van der Waals surface area (Å²) >= 11 is 0. The van der Waals surface area contributed by atoms with E-state index in [1.807, 2.05) is 0 Å². The fourth-order valence-corrected chi connectivity index (χ4v) is 2.74. The average molecular weight is 290 g/mol. The summed E-state index contributed by atoms with van der Waals surface area (Å²) in [5.41, 5.74) is 2.63. The van der Waals surface area contributed by atoms with E-state index in [1.165, 1.54) is 30.5 Å². The summed E-state index contributed by atoms with van der Waals surface area (Å²) in [6, 6.07) is 9.46. The van der Waals surface area contributed by atoms with Gasteiger partial charge in [-0.15, -0.1) is 0 Å². The SMILES string of the molecule is CCCCc1ccc(NCC2CN(C(C)C)CCO2)cc1. The van der Waals surface area contributed by atoms with Crippen LogP contribution in [0.5, 0.6) is 0 Å². The normalized spacial score (nSPS) is 19.9. The minimum absolute atomic E-state index is 0.293. The van der Waals surface area contributed by atoms with E-state index >= 15 is 0 Å². The molecule has 1 aliphatic heterocycles. The first kappa shape index (κ1) is 16.3. The van der Waals surface area contributed by atoms with Crippen LogP contribution >= 0.6 is 0 Å². The Kier molecular flexibility index (Phi) is 6.52. The summed E-state index contributed by atoms with van der Waals surface area (Å²) in [5.74, 6) is 0. The van der Waals surface area contributed by atoms with Crippen molar-refractivity contribution in [1.82, 2.24) is 4.90 Å². The third-order valence-electron chi connectivity index (χ3n) is 4.21. The average Bonchev–Trinajstić information content (AvgIpc) is 2.52. The molecular weight excluding hydrogens is 260 g/mol. The van der Waals surface area contributed by atoms with Gasteiger partial charge < -0.3 is 10.1 Å². The number of hydrogen-bond donors (Lipinski definition) is 1. The van der Waals surface area contributed by atoms with Gasteiger partial charge in [-0.3, -0.25) is 4.90 Å². The van der Waals surface area contributed by atoms with Crippen molar-refractivity contribution >= 4 is 5.69 Å². The monoisotopic (exact) mass is 290 g/mol. The van der Waals surface area contributed by atoms with Gasteiger partial charge in [0.25, 0.3) is 0 Å². The molecule has 1 fully saturated rings. The Balaban J connectivity index is 1.77. The van der Waals surface area contributed by atoms with Crippen LogP contribution in [-0.4, -0.2) is 43.3 Å². The van der Waals surface area contributed by atoms with Crippen LogP contribution in [0.4, 0.5) is 5.69 Å². The van der Waals surface area contributed by atoms with Crippen molar-refractivity contribution in [3.8, 4) is 0 Å².